The van der Waals surface area contributed by atoms with Crippen LogP contribution in [-0.4, -0.2) is 60.8 Å². The van der Waals surface area contributed by atoms with Crippen LogP contribution in [0.5, 0.6) is 0 Å². The lowest BCUT2D eigenvalue weighted by molar-refractivity contribution is -0.137. The molecule has 10 nitrogen and oxygen atoms in total. The van der Waals surface area contributed by atoms with E-state index in [0.29, 0.717) is 49.0 Å². The molecule has 0 bridgehead atoms. The molecule has 2 aromatic carbocycles. The van der Waals surface area contributed by atoms with Crippen molar-refractivity contribution in [3.8, 4) is 0 Å². The molecule has 45 heavy (non-hydrogen) atoms. The predicted molar refractivity (Wildman–Crippen MR) is 175 cm³/mol. The van der Waals surface area contributed by atoms with Crippen molar-refractivity contribution in [2.45, 2.75) is 77.8 Å². The number of aromatic amines is 1. The molecule has 2 heterocycles. The number of benzene rings is 2. The number of hydrogen-bond donors (Lipinski definition) is 4. The summed E-state index contributed by atoms with van der Waals surface area (Å²) in [5.74, 6) is -0.0306. The fourth-order valence-corrected chi connectivity index (χ4v) is 6.51. The van der Waals surface area contributed by atoms with Gasteiger partial charge in [-0.1, -0.05) is 70.5 Å². The number of ether oxygens (including phenoxy) is 2. The molecule has 1 saturated heterocycles. The van der Waals surface area contributed by atoms with Crippen LogP contribution in [0.25, 0.3) is 11.0 Å². The van der Waals surface area contributed by atoms with Gasteiger partial charge in [-0.15, -0.1) is 0 Å². The molecule has 244 valence electrons. The second kappa shape index (κ2) is 14.2. The van der Waals surface area contributed by atoms with E-state index >= 15 is 0 Å². The number of carbonyl (C=O) groups excluding carboxylic acids is 3. The van der Waals surface area contributed by atoms with Gasteiger partial charge in [0.1, 0.15) is 11.9 Å². The second-order valence-corrected chi connectivity index (χ2v) is 13.5. The molecular formula is C34H46ClN5O5. The van der Waals surface area contributed by atoms with Gasteiger partial charge in [0.25, 0.3) is 0 Å². The minimum atomic E-state index is -0.907. The zero-order valence-electron chi connectivity index (χ0n) is 27.3. The fraction of sp³-hybridized carbons (Fsp3) is 0.529. The zero-order chi connectivity index (χ0) is 32.9. The van der Waals surface area contributed by atoms with Crippen LogP contribution in [0, 0.1) is 11.3 Å². The quantitative estimate of drug-likeness (QED) is 0.223. The van der Waals surface area contributed by atoms with Crippen molar-refractivity contribution in [1.82, 2.24) is 25.9 Å². The summed E-state index contributed by atoms with van der Waals surface area (Å²) in [5.41, 5.74) is 1.68. The van der Waals surface area contributed by atoms with E-state index in [0.717, 1.165) is 16.6 Å². The molecule has 3 amide bonds. The zero-order valence-corrected chi connectivity index (χ0v) is 28.0. The van der Waals surface area contributed by atoms with Crippen molar-refractivity contribution in [3.63, 3.8) is 0 Å². The third-order valence-corrected chi connectivity index (χ3v) is 9.03. The summed E-state index contributed by atoms with van der Waals surface area (Å²) in [6, 6.07) is 12.0. The van der Waals surface area contributed by atoms with Crippen molar-refractivity contribution in [1.29, 1.82) is 0 Å². The predicted octanol–water partition coefficient (Wildman–Crippen LogP) is 5.77. The Morgan fingerprint density at radius 3 is 2.38 bits per heavy atom. The number of carbonyl (C=O) groups is 3. The lowest BCUT2D eigenvalue weighted by atomic mass is 9.72. The van der Waals surface area contributed by atoms with E-state index < -0.39 is 29.0 Å². The highest BCUT2D eigenvalue weighted by Crippen LogP contribution is 2.41. The molecule has 0 saturated carbocycles. The standard InChI is InChI=1S/C34H46ClN5O5/c1-8-36-30(41)28(33(4,5)6)40-31(42)34(15-17-45-18-16-34)21-13-14-24-25(19-21)38-29(37-24)27(39-32(43)44-7)26(20(2)3)22-11-9-10-12-23(22)35/h9-14,19-20,26-28H,8,15-18H2,1-7H3,(H,36,41)(H,37,38)(H,39,43)(H,40,42)/t26-,27-,28-/m0/s1. The van der Waals surface area contributed by atoms with Crippen LogP contribution in [0.2, 0.25) is 5.02 Å². The van der Waals surface area contributed by atoms with Crippen molar-refractivity contribution in [2.24, 2.45) is 11.3 Å². The number of hydrogen-bond acceptors (Lipinski definition) is 6. The molecule has 0 unspecified atom stereocenters. The van der Waals surface area contributed by atoms with E-state index in [4.69, 9.17) is 26.1 Å². The maximum atomic E-state index is 14.2. The largest absolute Gasteiger partial charge is 0.453 e. The molecule has 11 heteroatoms. The summed E-state index contributed by atoms with van der Waals surface area (Å²) in [7, 11) is 1.33. The molecule has 1 aliphatic rings. The Labute approximate surface area is 270 Å². The molecule has 3 atom stereocenters. The van der Waals surface area contributed by atoms with Gasteiger partial charge < -0.3 is 30.4 Å². The van der Waals surface area contributed by atoms with Crippen molar-refractivity contribution >= 4 is 40.5 Å². The number of nitrogens with zero attached hydrogens (tertiary/aromatic N) is 1. The highest BCUT2D eigenvalue weighted by Gasteiger charge is 2.45. The smallest absolute Gasteiger partial charge is 0.407 e. The van der Waals surface area contributed by atoms with Gasteiger partial charge in [-0.2, -0.15) is 0 Å². The summed E-state index contributed by atoms with van der Waals surface area (Å²) in [6.45, 7) is 13.1. The first-order valence-corrected chi connectivity index (χ1v) is 16.0. The van der Waals surface area contributed by atoms with Gasteiger partial charge in [-0.3, -0.25) is 9.59 Å². The number of H-pyrrole nitrogens is 1. The summed E-state index contributed by atoms with van der Waals surface area (Å²) in [6.07, 6.45) is 0.343. The average Bonchev–Trinajstić information content (AvgIpc) is 3.43. The molecule has 4 rings (SSSR count). The molecule has 0 spiro atoms. The summed E-state index contributed by atoms with van der Waals surface area (Å²) >= 11 is 6.65. The van der Waals surface area contributed by atoms with Gasteiger partial charge in [0, 0.05) is 30.7 Å². The lowest BCUT2D eigenvalue weighted by Crippen LogP contribution is -2.58. The molecule has 3 aromatic rings. The molecule has 1 fully saturated rings. The molecule has 0 aliphatic carbocycles. The number of likely N-dealkylation sites (N-methyl/N-ethyl adjacent to an activating group) is 1. The third kappa shape index (κ3) is 7.44. The number of nitrogens with one attached hydrogen (secondary N) is 4. The summed E-state index contributed by atoms with van der Waals surface area (Å²) < 4.78 is 10.7. The number of rotatable bonds is 10. The highest BCUT2D eigenvalue weighted by molar-refractivity contribution is 6.31. The van der Waals surface area contributed by atoms with E-state index in [1.807, 2.05) is 70.2 Å². The Hall–Kier alpha value is -3.63. The maximum Gasteiger partial charge on any atom is 0.407 e. The normalized spacial score (nSPS) is 16.9. The van der Waals surface area contributed by atoms with Gasteiger partial charge >= 0.3 is 6.09 Å². The van der Waals surface area contributed by atoms with Crippen LogP contribution in [-0.2, 0) is 24.5 Å². The first-order valence-electron chi connectivity index (χ1n) is 15.6. The van der Waals surface area contributed by atoms with Crippen molar-refractivity contribution in [2.75, 3.05) is 26.9 Å². The number of alkyl carbamates (subject to hydrolysis) is 1. The Balaban J connectivity index is 1.77. The van der Waals surface area contributed by atoms with Gasteiger partial charge in [-0.05, 0) is 60.4 Å². The Bertz CT molecular complexity index is 1510. The molecule has 0 radical (unpaired) electrons. The number of halogens is 1. The van der Waals surface area contributed by atoms with Crippen molar-refractivity contribution < 1.29 is 23.9 Å². The number of fused-ring (bicyclic) bond motifs is 1. The molecular weight excluding hydrogens is 594 g/mol. The van der Waals surface area contributed by atoms with E-state index in [9.17, 15) is 14.4 Å². The topological polar surface area (TPSA) is 134 Å². The van der Waals surface area contributed by atoms with E-state index in [-0.39, 0.29) is 23.7 Å². The highest BCUT2D eigenvalue weighted by atomic mass is 35.5. The van der Waals surface area contributed by atoms with E-state index in [1.54, 1.807) is 0 Å². The van der Waals surface area contributed by atoms with Crippen LogP contribution in [0.1, 0.15) is 83.3 Å². The summed E-state index contributed by atoms with van der Waals surface area (Å²) in [4.78, 5) is 48.1. The van der Waals surface area contributed by atoms with Crippen LogP contribution in [0.3, 0.4) is 0 Å². The van der Waals surface area contributed by atoms with Gasteiger partial charge in [0.05, 0.1) is 29.6 Å². The van der Waals surface area contributed by atoms with Gasteiger partial charge in [-0.25, -0.2) is 9.78 Å². The van der Waals surface area contributed by atoms with E-state index in [2.05, 4.69) is 34.8 Å². The Kier molecular flexibility index (Phi) is 10.8. The first-order chi connectivity index (χ1) is 21.3. The van der Waals surface area contributed by atoms with Crippen LogP contribution in [0.15, 0.2) is 42.5 Å². The Morgan fingerprint density at radius 2 is 1.78 bits per heavy atom. The summed E-state index contributed by atoms with van der Waals surface area (Å²) in [5, 5.41) is 9.53. The van der Waals surface area contributed by atoms with Gasteiger partial charge in [0.2, 0.25) is 11.8 Å². The number of imidazole rings is 1. The van der Waals surface area contributed by atoms with Crippen LogP contribution in [0.4, 0.5) is 4.79 Å². The lowest BCUT2D eigenvalue weighted by Gasteiger charge is -2.39. The number of amides is 3. The molecule has 1 aromatic heterocycles. The van der Waals surface area contributed by atoms with E-state index in [1.165, 1.54) is 7.11 Å². The minimum absolute atomic E-state index is 0.0747. The molecule has 4 N–H and O–H groups in total. The minimum Gasteiger partial charge on any atom is -0.453 e. The second-order valence-electron chi connectivity index (χ2n) is 13.1. The van der Waals surface area contributed by atoms with Crippen LogP contribution >= 0.6 is 11.6 Å². The third-order valence-electron chi connectivity index (χ3n) is 8.68. The van der Waals surface area contributed by atoms with Crippen molar-refractivity contribution in [3.05, 3.63) is 64.4 Å². The SMILES string of the molecule is CCNC(=O)[C@H](NC(=O)C1(c2ccc3nc([C@@H](NC(=O)OC)[C@H](c4ccccc4Cl)C(C)C)[nH]c3c2)CCOCC1)C(C)(C)C. The molecule has 1 aliphatic heterocycles. The monoisotopic (exact) mass is 639 g/mol. The average molecular weight is 640 g/mol. The Morgan fingerprint density at radius 1 is 1.09 bits per heavy atom. The van der Waals surface area contributed by atoms with Crippen LogP contribution < -0.4 is 16.0 Å². The maximum absolute atomic E-state index is 14.2. The number of methoxy groups -OCH3 is 1. The fourth-order valence-electron chi connectivity index (χ4n) is 6.24. The van der Waals surface area contributed by atoms with Gasteiger partial charge in [0.15, 0.2) is 0 Å². The number of aromatic nitrogens is 2. The first kappa shape index (κ1) is 34.2.